The summed E-state index contributed by atoms with van der Waals surface area (Å²) in [5.41, 5.74) is 0.437. The van der Waals surface area contributed by atoms with Crippen LogP contribution in [-0.4, -0.2) is 58.2 Å². The summed E-state index contributed by atoms with van der Waals surface area (Å²) in [5, 5.41) is 6.58. The number of amides is 1. The van der Waals surface area contributed by atoms with Crippen LogP contribution in [0.4, 0.5) is 33.5 Å². The summed E-state index contributed by atoms with van der Waals surface area (Å²) in [7, 11) is 0. The second-order valence-electron chi connectivity index (χ2n) is 9.60. The number of rotatable bonds is 10. The Morgan fingerprint density at radius 1 is 1.02 bits per heavy atom. The molecule has 1 aliphatic rings. The third-order valence-corrected chi connectivity index (χ3v) is 6.85. The van der Waals surface area contributed by atoms with Crippen molar-refractivity contribution in [2.75, 3.05) is 36.9 Å². The highest BCUT2D eigenvalue weighted by molar-refractivity contribution is 6.07. The van der Waals surface area contributed by atoms with E-state index in [1.165, 1.54) is 12.3 Å². The second-order valence-corrected chi connectivity index (χ2v) is 9.60. The third kappa shape index (κ3) is 6.24. The number of anilines is 2. The van der Waals surface area contributed by atoms with Gasteiger partial charge in [-0.15, -0.1) is 0 Å². The van der Waals surface area contributed by atoms with Crippen molar-refractivity contribution < 1.29 is 31.5 Å². The Hall–Kier alpha value is -4.26. The first-order chi connectivity index (χ1) is 19.6. The van der Waals surface area contributed by atoms with E-state index in [0.29, 0.717) is 24.8 Å². The molecule has 216 valence electrons. The summed E-state index contributed by atoms with van der Waals surface area (Å²) in [6, 6.07) is 9.38. The van der Waals surface area contributed by atoms with Crippen molar-refractivity contribution in [1.82, 2.24) is 19.9 Å². The van der Waals surface area contributed by atoms with Crippen LogP contribution in [-0.2, 0) is 12.5 Å². The largest absolute Gasteiger partial charge is 0.492 e. The highest BCUT2D eigenvalue weighted by Gasteiger charge is 2.60. The summed E-state index contributed by atoms with van der Waals surface area (Å²) in [6.07, 6.45) is 1.08. The Labute approximate surface area is 231 Å². The number of halogens is 5. The topological polar surface area (TPSA) is 95.2 Å². The Bertz CT molecular complexity index is 1520. The highest BCUT2D eigenvalue weighted by Crippen LogP contribution is 2.47. The average Bonchev–Trinajstić information content (AvgIpc) is 3.64. The van der Waals surface area contributed by atoms with Crippen LogP contribution in [0.1, 0.15) is 34.3 Å². The van der Waals surface area contributed by atoms with E-state index in [4.69, 9.17) is 4.74 Å². The Kier molecular flexibility index (Phi) is 8.06. The fraction of sp³-hybridized carbons (Fsp3) is 0.321. The highest BCUT2D eigenvalue weighted by atomic mass is 19.4. The lowest BCUT2D eigenvalue weighted by Crippen LogP contribution is -2.34. The van der Waals surface area contributed by atoms with Gasteiger partial charge in [-0.2, -0.15) is 22.0 Å². The van der Waals surface area contributed by atoms with Gasteiger partial charge in [0.05, 0.1) is 11.1 Å². The number of hydrogen-bond donors (Lipinski definition) is 3. The molecule has 13 heteroatoms. The molecule has 1 saturated heterocycles. The average molecular weight is 575 g/mol. The number of ether oxygens (including phenoxy) is 1. The monoisotopic (exact) mass is 574 g/mol. The molecule has 3 N–H and O–H groups in total. The number of pyridine rings is 2. The lowest BCUT2D eigenvalue weighted by Gasteiger charge is -2.24. The van der Waals surface area contributed by atoms with Gasteiger partial charge in [-0.3, -0.25) is 9.69 Å². The van der Waals surface area contributed by atoms with Gasteiger partial charge < -0.3 is 20.4 Å². The van der Waals surface area contributed by atoms with Gasteiger partial charge in [0.15, 0.2) is 0 Å². The number of carbonyl (C=O) groups excluding carboxylic acids is 1. The second kappa shape index (κ2) is 11.7. The molecule has 1 aromatic carbocycles. The van der Waals surface area contributed by atoms with Crippen LogP contribution >= 0.6 is 0 Å². The molecule has 4 heterocycles. The molecule has 0 unspecified atom stereocenters. The molecule has 5 rings (SSSR count). The summed E-state index contributed by atoms with van der Waals surface area (Å²) in [5.74, 6) is -6.17. The maximum Gasteiger partial charge on any atom is 0.458 e. The normalized spacial score (nSPS) is 14.4. The smallest absolute Gasteiger partial charge is 0.458 e. The van der Waals surface area contributed by atoms with Gasteiger partial charge in [-0.25, -0.2) is 9.97 Å². The maximum absolute atomic E-state index is 14.3. The van der Waals surface area contributed by atoms with Gasteiger partial charge in [-0.1, -0.05) is 0 Å². The minimum Gasteiger partial charge on any atom is -0.492 e. The van der Waals surface area contributed by atoms with Crippen LogP contribution in [0, 0.1) is 0 Å². The van der Waals surface area contributed by atoms with Gasteiger partial charge in [0, 0.05) is 48.8 Å². The molecular weight excluding hydrogens is 547 g/mol. The fourth-order valence-electron chi connectivity index (χ4n) is 4.70. The van der Waals surface area contributed by atoms with E-state index in [2.05, 4.69) is 25.6 Å². The van der Waals surface area contributed by atoms with Gasteiger partial charge in [0.1, 0.15) is 23.8 Å². The van der Waals surface area contributed by atoms with Gasteiger partial charge in [-0.05, 0) is 67.9 Å². The lowest BCUT2D eigenvalue weighted by molar-refractivity contribution is -0.289. The number of aromatic amines is 1. The first kappa shape index (κ1) is 28.3. The number of aromatic nitrogens is 3. The molecular formula is C28H27F5N6O2. The SMILES string of the molecule is O=C(Nc1ccc(C(F)(F)C(F)(F)F)c(OCCN2CCCC2)c1)c1cccnc1NCc1ccnc2[nH]ccc12. The molecule has 1 amide bonds. The summed E-state index contributed by atoms with van der Waals surface area (Å²) >= 11 is 0. The molecule has 41 heavy (non-hydrogen) atoms. The van der Waals surface area contributed by atoms with Crippen molar-refractivity contribution in [3.8, 4) is 5.75 Å². The number of alkyl halides is 5. The summed E-state index contributed by atoms with van der Waals surface area (Å²) < 4.78 is 73.7. The van der Waals surface area contributed by atoms with Gasteiger partial charge in [0.2, 0.25) is 0 Å². The number of likely N-dealkylation sites (tertiary alicyclic amines) is 1. The van der Waals surface area contributed by atoms with E-state index < -0.39 is 29.3 Å². The quantitative estimate of drug-likeness (QED) is 0.203. The molecule has 0 bridgehead atoms. The minimum absolute atomic E-state index is 0.00846. The molecule has 0 atom stereocenters. The number of nitrogens with one attached hydrogen (secondary N) is 3. The zero-order valence-electron chi connectivity index (χ0n) is 21.8. The maximum atomic E-state index is 14.3. The van der Waals surface area contributed by atoms with E-state index in [-0.39, 0.29) is 23.7 Å². The lowest BCUT2D eigenvalue weighted by atomic mass is 10.1. The van der Waals surface area contributed by atoms with Crippen molar-refractivity contribution in [3.63, 3.8) is 0 Å². The number of fused-ring (bicyclic) bond motifs is 1. The molecule has 3 aromatic heterocycles. The zero-order chi connectivity index (χ0) is 29.0. The van der Waals surface area contributed by atoms with Crippen molar-refractivity contribution >= 4 is 28.4 Å². The first-order valence-corrected chi connectivity index (χ1v) is 13.0. The van der Waals surface area contributed by atoms with Crippen LogP contribution in [0.3, 0.4) is 0 Å². The van der Waals surface area contributed by atoms with E-state index in [0.717, 1.165) is 49.0 Å². The molecule has 0 radical (unpaired) electrons. The number of benzene rings is 1. The Balaban J connectivity index is 1.34. The number of carbonyl (C=O) groups is 1. The third-order valence-electron chi connectivity index (χ3n) is 6.85. The summed E-state index contributed by atoms with van der Waals surface area (Å²) in [6.45, 7) is 2.24. The number of hydrogen-bond acceptors (Lipinski definition) is 6. The zero-order valence-corrected chi connectivity index (χ0v) is 21.8. The van der Waals surface area contributed by atoms with Crippen LogP contribution < -0.4 is 15.4 Å². The van der Waals surface area contributed by atoms with Crippen molar-refractivity contribution in [2.45, 2.75) is 31.5 Å². The molecule has 4 aromatic rings. The van der Waals surface area contributed by atoms with Crippen molar-refractivity contribution in [1.29, 1.82) is 0 Å². The first-order valence-electron chi connectivity index (χ1n) is 13.0. The van der Waals surface area contributed by atoms with E-state index >= 15 is 0 Å². The van der Waals surface area contributed by atoms with Gasteiger partial charge in [0.25, 0.3) is 5.91 Å². The van der Waals surface area contributed by atoms with Crippen LogP contribution in [0.5, 0.6) is 5.75 Å². The van der Waals surface area contributed by atoms with Crippen LogP contribution in [0.15, 0.2) is 61.1 Å². The molecule has 8 nitrogen and oxygen atoms in total. The van der Waals surface area contributed by atoms with E-state index in [9.17, 15) is 26.7 Å². The van der Waals surface area contributed by atoms with E-state index in [1.807, 2.05) is 17.0 Å². The standard InChI is InChI=1S/C28H27F5N6O2/c29-27(30,28(31,32)33)22-6-5-19(16-23(22)41-15-14-39-12-1-2-13-39)38-26(40)21-4-3-9-34-25(21)37-17-18-7-10-35-24-20(18)8-11-36-24/h3-11,16H,1-2,12-15,17H2,(H,34,37)(H,35,36)(H,38,40). The Morgan fingerprint density at radius 2 is 1.83 bits per heavy atom. The number of nitrogens with zero attached hydrogens (tertiary/aromatic N) is 3. The van der Waals surface area contributed by atoms with Crippen molar-refractivity contribution in [2.24, 2.45) is 0 Å². The van der Waals surface area contributed by atoms with Crippen molar-refractivity contribution in [3.05, 3.63) is 77.7 Å². The van der Waals surface area contributed by atoms with Gasteiger partial charge >= 0.3 is 12.1 Å². The fourth-order valence-corrected chi connectivity index (χ4v) is 4.70. The molecule has 1 aliphatic heterocycles. The molecule has 0 aliphatic carbocycles. The molecule has 0 saturated carbocycles. The number of H-pyrrole nitrogens is 1. The van der Waals surface area contributed by atoms with E-state index in [1.54, 1.807) is 18.5 Å². The molecule has 1 fully saturated rings. The Morgan fingerprint density at radius 3 is 2.61 bits per heavy atom. The minimum atomic E-state index is -5.82. The predicted molar refractivity (Wildman–Crippen MR) is 143 cm³/mol. The van der Waals surface area contributed by atoms with Crippen LogP contribution in [0.25, 0.3) is 11.0 Å². The van der Waals surface area contributed by atoms with Crippen LogP contribution in [0.2, 0.25) is 0 Å². The summed E-state index contributed by atoms with van der Waals surface area (Å²) in [4.78, 5) is 26.7. The molecule has 0 spiro atoms. The predicted octanol–water partition coefficient (Wildman–Crippen LogP) is 5.95.